The number of thioether (sulfide) groups is 1. The minimum Gasteiger partial charge on any atom is -0.454 e. The summed E-state index contributed by atoms with van der Waals surface area (Å²) in [6, 6.07) is 10.7. The molecule has 4 rings (SSSR count). The molecular formula is C19H16FN3O4S. The standard InChI is InChI=1S/C19H16FN3O4S/c1-23-18(25)16(9-17(24)21-12-4-2-11(20)3-5-12)28-19(23)22-13-6-7-14-15(8-13)27-10-26-14/h2-8,16H,9-10H2,1H3,(H,21,24)/t16-/m1/s1. The normalized spacial score (nSPS) is 19.4. The lowest BCUT2D eigenvalue weighted by molar-refractivity contribution is -0.127. The Bertz CT molecular complexity index is 964. The Morgan fingerprint density at radius 2 is 2.00 bits per heavy atom. The van der Waals surface area contributed by atoms with Crippen molar-refractivity contribution >= 4 is 40.1 Å². The third-order valence-electron chi connectivity index (χ3n) is 4.22. The number of rotatable bonds is 4. The van der Waals surface area contributed by atoms with E-state index in [0.717, 1.165) is 0 Å². The van der Waals surface area contributed by atoms with Gasteiger partial charge in [0, 0.05) is 25.2 Å². The number of fused-ring (bicyclic) bond motifs is 1. The van der Waals surface area contributed by atoms with Gasteiger partial charge in [-0.25, -0.2) is 9.38 Å². The summed E-state index contributed by atoms with van der Waals surface area (Å²) in [5, 5.41) is 2.60. The highest BCUT2D eigenvalue weighted by Gasteiger charge is 2.37. The Hall–Kier alpha value is -3.07. The van der Waals surface area contributed by atoms with Gasteiger partial charge in [-0.05, 0) is 36.4 Å². The lowest BCUT2D eigenvalue weighted by Crippen LogP contribution is -2.30. The summed E-state index contributed by atoms with van der Waals surface area (Å²) in [5.41, 5.74) is 1.10. The second-order valence-corrected chi connectivity index (χ2v) is 7.36. The number of hydrogen-bond acceptors (Lipinski definition) is 6. The Balaban J connectivity index is 1.43. The van der Waals surface area contributed by atoms with Gasteiger partial charge in [0.25, 0.3) is 0 Å². The summed E-state index contributed by atoms with van der Waals surface area (Å²) in [6.45, 7) is 0.174. The van der Waals surface area contributed by atoms with E-state index in [2.05, 4.69) is 10.3 Å². The van der Waals surface area contributed by atoms with Crippen LogP contribution < -0.4 is 14.8 Å². The van der Waals surface area contributed by atoms with Crippen LogP contribution >= 0.6 is 11.8 Å². The van der Waals surface area contributed by atoms with Gasteiger partial charge in [0.2, 0.25) is 18.6 Å². The number of carbonyl (C=O) groups is 2. The molecule has 1 fully saturated rings. The zero-order valence-electron chi connectivity index (χ0n) is 14.8. The highest BCUT2D eigenvalue weighted by molar-refractivity contribution is 8.15. The number of amides is 2. The second kappa shape index (κ2) is 7.51. The highest BCUT2D eigenvalue weighted by Crippen LogP contribution is 2.37. The van der Waals surface area contributed by atoms with Gasteiger partial charge in [0.15, 0.2) is 16.7 Å². The van der Waals surface area contributed by atoms with E-state index >= 15 is 0 Å². The molecule has 7 nitrogen and oxygen atoms in total. The summed E-state index contributed by atoms with van der Waals surface area (Å²) in [6.07, 6.45) is -0.00856. The molecule has 0 aliphatic carbocycles. The Kier molecular flexibility index (Phi) is 4.91. The number of hydrogen-bond donors (Lipinski definition) is 1. The molecule has 0 spiro atoms. The van der Waals surface area contributed by atoms with Crippen molar-refractivity contribution in [3.05, 3.63) is 48.3 Å². The van der Waals surface area contributed by atoms with Gasteiger partial charge in [-0.2, -0.15) is 0 Å². The molecule has 0 unspecified atom stereocenters. The SMILES string of the molecule is CN1C(=O)[C@@H](CC(=O)Nc2ccc(F)cc2)SC1=Nc1ccc2c(c1)OCO2. The Morgan fingerprint density at radius 3 is 2.79 bits per heavy atom. The fraction of sp³-hybridized carbons (Fsp3) is 0.211. The largest absolute Gasteiger partial charge is 0.454 e. The lowest BCUT2D eigenvalue weighted by atomic mass is 10.2. The van der Waals surface area contributed by atoms with Crippen molar-refractivity contribution < 1.29 is 23.5 Å². The third-order valence-corrected chi connectivity index (χ3v) is 5.45. The van der Waals surface area contributed by atoms with Crippen LogP contribution in [-0.4, -0.2) is 41.0 Å². The van der Waals surface area contributed by atoms with Gasteiger partial charge in [-0.15, -0.1) is 0 Å². The third kappa shape index (κ3) is 3.79. The molecule has 2 heterocycles. The van der Waals surface area contributed by atoms with Crippen molar-refractivity contribution in [1.82, 2.24) is 4.90 Å². The van der Waals surface area contributed by atoms with Crippen molar-refractivity contribution in [2.24, 2.45) is 4.99 Å². The number of nitrogens with one attached hydrogen (secondary N) is 1. The predicted octanol–water partition coefficient (Wildman–Crippen LogP) is 3.14. The lowest BCUT2D eigenvalue weighted by Gasteiger charge is -2.09. The molecule has 144 valence electrons. The smallest absolute Gasteiger partial charge is 0.242 e. The summed E-state index contributed by atoms with van der Waals surface area (Å²) in [5.74, 6) is 0.358. The first-order valence-electron chi connectivity index (χ1n) is 8.47. The topological polar surface area (TPSA) is 80.2 Å². The molecule has 2 aromatic rings. The first-order valence-corrected chi connectivity index (χ1v) is 9.35. The molecule has 0 bridgehead atoms. The number of nitrogens with zero attached hydrogens (tertiary/aromatic N) is 2. The maximum absolute atomic E-state index is 12.9. The minimum atomic E-state index is -0.571. The molecule has 0 radical (unpaired) electrons. The summed E-state index contributed by atoms with van der Waals surface area (Å²) < 4.78 is 23.6. The number of carbonyl (C=O) groups excluding carboxylic acids is 2. The number of halogens is 1. The van der Waals surface area contributed by atoms with E-state index in [1.165, 1.54) is 40.9 Å². The summed E-state index contributed by atoms with van der Waals surface area (Å²) >= 11 is 1.23. The molecule has 9 heteroatoms. The molecule has 0 aromatic heterocycles. The van der Waals surface area contributed by atoms with Crippen LogP contribution in [-0.2, 0) is 9.59 Å². The van der Waals surface area contributed by atoms with Crippen LogP contribution in [0.3, 0.4) is 0 Å². The van der Waals surface area contributed by atoms with Crippen molar-refractivity contribution in [2.45, 2.75) is 11.7 Å². The van der Waals surface area contributed by atoms with Gasteiger partial charge in [0.1, 0.15) is 11.1 Å². The average Bonchev–Trinajstić information content (AvgIpc) is 3.24. The summed E-state index contributed by atoms with van der Waals surface area (Å²) in [7, 11) is 1.62. The van der Waals surface area contributed by atoms with Gasteiger partial charge >= 0.3 is 0 Å². The molecule has 28 heavy (non-hydrogen) atoms. The first-order chi connectivity index (χ1) is 13.5. The molecule has 1 N–H and O–H groups in total. The highest BCUT2D eigenvalue weighted by atomic mass is 32.2. The van der Waals surface area contributed by atoms with Crippen LogP contribution in [0.5, 0.6) is 11.5 Å². The molecular weight excluding hydrogens is 385 g/mol. The van der Waals surface area contributed by atoms with E-state index in [1.54, 1.807) is 25.2 Å². The maximum atomic E-state index is 12.9. The van der Waals surface area contributed by atoms with Gasteiger partial charge in [0.05, 0.1) is 5.69 Å². The van der Waals surface area contributed by atoms with E-state index in [-0.39, 0.29) is 30.8 Å². The van der Waals surface area contributed by atoms with Crippen molar-refractivity contribution in [1.29, 1.82) is 0 Å². The van der Waals surface area contributed by atoms with E-state index in [4.69, 9.17) is 9.47 Å². The van der Waals surface area contributed by atoms with E-state index < -0.39 is 5.25 Å². The molecule has 2 aliphatic heterocycles. The zero-order chi connectivity index (χ0) is 19.7. The van der Waals surface area contributed by atoms with Crippen LogP contribution in [0.2, 0.25) is 0 Å². The number of anilines is 1. The van der Waals surface area contributed by atoms with E-state index in [9.17, 15) is 14.0 Å². The quantitative estimate of drug-likeness (QED) is 0.851. The van der Waals surface area contributed by atoms with Gasteiger partial charge < -0.3 is 14.8 Å². The predicted molar refractivity (Wildman–Crippen MR) is 103 cm³/mol. The number of aliphatic imine (C=N–C) groups is 1. The van der Waals surface area contributed by atoms with Gasteiger partial charge in [-0.3, -0.25) is 14.5 Å². The van der Waals surface area contributed by atoms with Crippen LogP contribution in [0.4, 0.5) is 15.8 Å². The molecule has 2 amide bonds. The average molecular weight is 401 g/mol. The fourth-order valence-corrected chi connectivity index (χ4v) is 3.93. The summed E-state index contributed by atoms with van der Waals surface area (Å²) in [4.78, 5) is 30.6. The van der Waals surface area contributed by atoms with Gasteiger partial charge in [-0.1, -0.05) is 11.8 Å². The van der Waals surface area contributed by atoms with Crippen molar-refractivity contribution in [2.75, 3.05) is 19.2 Å². The van der Waals surface area contributed by atoms with E-state index in [1.807, 2.05) is 0 Å². The molecule has 0 saturated carbocycles. The molecule has 2 aliphatic rings. The number of ether oxygens (including phenoxy) is 2. The minimum absolute atomic E-state index is 0.00856. The fourth-order valence-electron chi connectivity index (χ4n) is 2.78. The maximum Gasteiger partial charge on any atom is 0.242 e. The monoisotopic (exact) mass is 401 g/mol. The first kappa shape index (κ1) is 18.3. The number of amidine groups is 1. The van der Waals surface area contributed by atoms with Crippen LogP contribution in [0, 0.1) is 5.82 Å². The van der Waals surface area contributed by atoms with E-state index in [0.29, 0.717) is 28.0 Å². The second-order valence-electron chi connectivity index (χ2n) is 6.19. The Morgan fingerprint density at radius 1 is 1.25 bits per heavy atom. The van der Waals surface area contributed by atoms with Crippen molar-refractivity contribution in [3.63, 3.8) is 0 Å². The van der Waals surface area contributed by atoms with Crippen LogP contribution in [0.25, 0.3) is 0 Å². The molecule has 1 atom stereocenters. The van der Waals surface area contributed by atoms with Crippen LogP contribution in [0.1, 0.15) is 6.42 Å². The molecule has 1 saturated heterocycles. The number of benzene rings is 2. The van der Waals surface area contributed by atoms with Crippen LogP contribution in [0.15, 0.2) is 47.5 Å². The Labute approximate surface area is 164 Å². The molecule has 2 aromatic carbocycles. The zero-order valence-corrected chi connectivity index (χ0v) is 15.7. The van der Waals surface area contributed by atoms with Crippen molar-refractivity contribution in [3.8, 4) is 11.5 Å².